The molecular weight excluding hydrogens is 280 g/mol. The Balaban J connectivity index is 1.86. The van der Waals surface area contributed by atoms with Crippen molar-refractivity contribution >= 4 is 23.4 Å². The van der Waals surface area contributed by atoms with Crippen molar-refractivity contribution in [1.29, 1.82) is 0 Å². The number of anilines is 3. The van der Waals surface area contributed by atoms with Crippen LogP contribution in [-0.4, -0.2) is 29.1 Å². The number of methoxy groups -OCH3 is 1. The van der Waals surface area contributed by atoms with Crippen LogP contribution in [0.3, 0.4) is 0 Å². The molecule has 1 aromatic carbocycles. The predicted molar refractivity (Wildman–Crippen MR) is 84.5 cm³/mol. The summed E-state index contributed by atoms with van der Waals surface area (Å²) >= 11 is 0. The van der Waals surface area contributed by atoms with Crippen LogP contribution < -0.4 is 10.6 Å². The Bertz CT molecular complexity index is 698. The SMILES string of the molecule is COC(=O)c1ccccc1Nc1cc(C)nc(NC2CC2)n1. The first-order valence-electron chi connectivity index (χ1n) is 7.22. The molecule has 0 atom stereocenters. The number of benzene rings is 1. The number of nitrogens with zero attached hydrogens (tertiary/aromatic N) is 2. The van der Waals surface area contributed by atoms with Crippen molar-refractivity contribution in [2.75, 3.05) is 17.7 Å². The highest BCUT2D eigenvalue weighted by atomic mass is 16.5. The summed E-state index contributed by atoms with van der Waals surface area (Å²) < 4.78 is 4.80. The first kappa shape index (κ1) is 14.3. The van der Waals surface area contributed by atoms with Crippen molar-refractivity contribution in [2.45, 2.75) is 25.8 Å². The molecule has 1 saturated carbocycles. The molecule has 114 valence electrons. The molecule has 3 rings (SSSR count). The Morgan fingerprint density at radius 2 is 2.05 bits per heavy atom. The van der Waals surface area contributed by atoms with Crippen molar-refractivity contribution in [2.24, 2.45) is 0 Å². The number of carbonyl (C=O) groups excluding carboxylic acids is 1. The fraction of sp³-hybridized carbons (Fsp3) is 0.312. The number of para-hydroxylation sites is 1. The minimum absolute atomic E-state index is 0.384. The molecule has 1 aliphatic rings. The monoisotopic (exact) mass is 298 g/mol. The van der Waals surface area contributed by atoms with Crippen LogP contribution in [0.25, 0.3) is 0 Å². The maximum absolute atomic E-state index is 11.8. The van der Waals surface area contributed by atoms with Crippen LogP contribution in [0.4, 0.5) is 17.5 Å². The first-order valence-corrected chi connectivity index (χ1v) is 7.22. The lowest BCUT2D eigenvalue weighted by Gasteiger charge is -2.12. The maximum atomic E-state index is 11.8. The summed E-state index contributed by atoms with van der Waals surface area (Å²) in [4.78, 5) is 20.6. The molecule has 22 heavy (non-hydrogen) atoms. The lowest BCUT2D eigenvalue weighted by Crippen LogP contribution is -2.09. The molecule has 2 N–H and O–H groups in total. The van der Waals surface area contributed by atoms with E-state index in [0.29, 0.717) is 29.1 Å². The largest absolute Gasteiger partial charge is 0.465 e. The van der Waals surface area contributed by atoms with Crippen molar-refractivity contribution in [1.82, 2.24) is 9.97 Å². The van der Waals surface area contributed by atoms with Gasteiger partial charge in [0.25, 0.3) is 0 Å². The van der Waals surface area contributed by atoms with Crippen molar-refractivity contribution in [3.8, 4) is 0 Å². The quantitative estimate of drug-likeness (QED) is 0.827. The molecule has 0 bridgehead atoms. The van der Waals surface area contributed by atoms with Gasteiger partial charge in [-0.25, -0.2) is 9.78 Å². The van der Waals surface area contributed by atoms with E-state index < -0.39 is 0 Å². The number of hydrogen-bond donors (Lipinski definition) is 2. The average Bonchev–Trinajstić information content (AvgIpc) is 3.30. The highest BCUT2D eigenvalue weighted by Crippen LogP contribution is 2.25. The maximum Gasteiger partial charge on any atom is 0.339 e. The zero-order chi connectivity index (χ0) is 15.5. The van der Waals surface area contributed by atoms with E-state index in [2.05, 4.69) is 20.6 Å². The highest BCUT2D eigenvalue weighted by molar-refractivity contribution is 5.96. The van der Waals surface area contributed by atoms with Gasteiger partial charge in [-0.15, -0.1) is 0 Å². The summed E-state index contributed by atoms with van der Waals surface area (Å²) in [6.07, 6.45) is 2.32. The molecule has 0 unspecified atom stereocenters. The number of carbonyl (C=O) groups is 1. The van der Waals surface area contributed by atoms with Crippen LogP contribution in [-0.2, 0) is 4.74 Å². The third-order valence-electron chi connectivity index (χ3n) is 3.36. The number of aryl methyl sites for hydroxylation is 1. The Kier molecular flexibility index (Phi) is 3.91. The van der Waals surface area contributed by atoms with Crippen LogP contribution in [0.1, 0.15) is 28.9 Å². The molecule has 6 heteroatoms. The zero-order valence-corrected chi connectivity index (χ0v) is 12.6. The first-order chi connectivity index (χ1) is 10.7. The van der Waals surface area contributed by atoms with E-state index in [1.54, 1.807) is 12.1 Å². The fourth-order valence-corrected chi connectivity index (χ4v) is 2.13. The second kappa shape index (κ2) is 6.01. The Hall–Kier alpha value is -2.63. The summed E-state index contributed by atoms with van der Waals surface area (Å²) in [6.45, 7) is 1.91. The Labute approximate surface area is 128 Å². The molecular formula is C16H18N4O2. The molecule has 1 aromatic heterocycles. The Morgan fingerprint density at radius 1 is 1.27 bits per heavy atom. The van der Waals surface area contributed by atoms with Gasteiger partial charge >= 0.3 is 5.97 Å². The lowest BCUT2D eigenvalue weighted by atomic mass is 10.2. The van der Waals surface area contributed by atoms with Gasteiger partial charge in [-0.2, -0.15) is 4.98 Å². The van der Waals surface area contributed by atoms with E-state index in [1.165, 1.54) is 7.11 Å². The molecule has 0 aliphatic heterocycles. The Morgan fingerprint density at radius 3 is 2.77 bits per heavy atom. The summed E-state index contributed by atoms with van der Waals surface area (Å²) in [7, 11) is 1.37. The fourth-order valence-electron chi connectivity index (χ4n) is 2.13. The number of ether oxygens (including phenoxy) is 1. The second-order valence-corrected chi connectivity index (χ2v) is 5.30. The van der Waals surface area contributed by atoms with E-state index in [0.717, 1.165) is 18.5 Å². The lowest BCUT2D eigenvalue weighted by molar-refractivity contribution is 0.0602. The average molecular weight is 298 g/mol. The summed E-state index contributed by atoms with van der Waals surface area (Å²) in [6, 6.07) is 9.50. The minimum atomic E-state index is -0.384. The molecule has 1 aliphatic carbocycles. The smallest absolute Gasteiger partial charge is 0.339 e. The normalized spacial score (nSPS) is 13.5. The number of hydrogen-bond acceptors (Lipinski definition) is 6. The van der Waals surface area contributed by atoms with Gasteiger partial charge in [0, 0.05) is 17.8 Å². The highest BCUT2D eigenvalue weighted by Gasteiger charge is 2.22. The zero-order valence-electron chi connectivity index (χ0n) is 12.6. The van der Waals surface area contributed by atoms with Gasteiger partial charge in [0.1, 0.15) is 5.82 Å². The molecule has 1 fully saturated rings. The summed E-state index contributed by atoms with van der Waals surface area (Å²) in [5.41, 5.74) is 1.99. The van der Waals surface area contributed by atoms with Crippen LogP contribution >= 0.6 is 0 Å². The van der Waals surface area contributed by atoms with Crippen LogP contribution in [0.2, 0.25) is 0 Å². The standard InChI is InChI=1S/C16H18N4O2/c1-10-9-14(20-16(17-10)18-11-7-8-11)19-13-6-4-3-5-12(13)15(21)22-2/h3-6,9,11H,7-8H2,1-2H3,(H2,17,18,19,20). The number of aromatic nitrogens is 2. The van der Waals surface area contributed by atoms with Crippen LogP contribution in [0.15, 0.2) is 30.3 Å². The van der Waals surface area contributed by atoms with Crippen LogP contribution in [0, 0.1) is 6.92 Å². The van der Waals surface area contributed by atoms with Gasteiger partial charge in [0.05, 0.1) is 18.4 Å². The number of rotatable bonds is 5. The summed E-state index contributed by atoms with van der Waals surface area (Å²) in [5.74, 6) is 0.873. The molecule has 0 spiro atoms. The van der Waals surface area contributed by atoms with Gasteiger partial charge < -0.3 is 15.4 Å². The molecule has 2 aromatic rings. The van der Waals surface area contributed by atoms with Crippen molar-refractivity contribution in [3.05, 3.63) is 41.6 Å². The van der Waals surface area contributed by atoms with Gasteiger partial charge in [-0.1, -0.05) is 12.1 Å². The minimum Gasteiger partial charge on any atom is -0.465 e. The third-order valence-corrected chi connectivity index (χ3v) is 3.36. The third kappa shape index (κ3) is 3.33. The van der Waals surface area contributed by atoms with Gasteiger partial charge in [0.15, 0.2) is 0 Å². The number of nitrogens with one attached hydrogen (secondary N) is 2. The van der Waals surface area contributed by atoms with E-state index in [4.69, 9.17) is 4.74 Å². The van der Waals surface area contributed by atoms with Gasteiger partial charge in [-0.3, -0.25) is 0 Å². The van der Waals surface area contributed by atoms with E-state index >= 15 is 0 Å². The molecule has 0 radical (unpaired) electrons. The predicted octanol–water partition coefficient (Wildman–Crippen LogP) is 2.89. The van der Waals surface area contributed by atoms with Crippen LogP contribution in [0.5, 0.6) is 0 Å². The topological polar surface area (TPSA) is 76.1 Å². The number of esters is 1. The van der Waals surface area contributed by atoms with Gasteiger partial charge in [-0.05, 0) is 31.9 Å². The summed E-state index contributed by atoms with van der Waals surface area (Å²) in [5, 5.41) is 6.45. The van der Waals surface area contributed by atoms with Crippen molar-refractivity contribution in [3.63, 3.8) is 0 Å². The van der Waals surface area contributed by atoms with E-state index in [-0.39, 0.29) is 5.97 Å². The molecule has 0 saturated heterocycles. The van der Waals surface area contributed by atoms with E-state index in [9.17, 15) is 4.79 Å². The molecule has 0 amide bonds. The molecule has 6 nitrogen and oxygen atoms in total. The van der Waals surface area contributed by atoms with Gasteiger partial charge in [0.2, 0.25) is 5.95 Å². The second-order valence-electron chi connectivity index (χ2n) is 5.30. The van der Waals surface area contributed by atoms with E-state index in [1.807, 2.05) is 25.1 Å². The molecule has 1 heterocycles. The van der Waals surface area contributed by atoms with Crippen molar-refractivity contribution < 1.29 is 9.53 Å².